The summed E-state index contributed by atoms with van der Waals surface area (Å²) in [6.45, 7) is 0. The quantitative estimate of drug-likeness (QED) is 0.759. The summed E-state index contributed by atoms with van der Waals surface area (Å²) in [6.07, 6.45) is 0. The van der Waals surface area contributed by atoms with Crippen molar-refractivity contribution in [1.29, 1.82) is 0 Å². The van der Waals surface area contributed by atoms with Crippen LogP contribution in [-0.2, 0) is 0 Å². The number of hydrogen-bond donors (Lipinski definition) is 1. The van der Waals surface area contributed by atoms with E-state index in [-0.39, 0.29) is 5.91 Å². The standard InChI is InChI=1S/C13H8Br2ClNO/c14-8-2-1-3-10(6-8)17-13(18)11-5-4-9(15)7-12(11)16/h1-7H,(H,17,18). The highest BCUT2D eigenvalue weighted by molar-refractivity contribution is 9.10. The van der Waals surface area contributed by atoms with Crippen LogP contribution in [0.5, 0.6) is 0 Å². The van der Waals surface area contributed by atoms with Gasteiger partial charge in [-0.15, -0.1) is 0 Å². The maximum atomic E-state index is 12.0. The highest BCUT2D eigenvalue weighted by Gasteiger charge is 2.10. The third-order valence-corrected chi connectivity index (χ3v) is 3.56. The molecule has 0 aliphatic heterocycles. The van der Waals surface area contributed by atoms with Crippen molar-refractivity contribution in [3.05, 3.63) is 62.0 Å². The second-order valence-electron chi connectivity index (χ2n) is 3.59. The molecule has 0 aliphatic rings. The fraction of sp³-hybridized carbons (Fsp3) is 0. The first-order chi connectivity index (χ1) is 8.56. The zero-order valence-corrected chi connectivity index (χ0v) is 13.0. The van der Waals surface area contributed by atoms with Crippen LogP contribution in [0.2, 0.25) is 5.02 Å². The molecule has 0 radical (unpaired) electrons. The molecule has 0 aliphatic carbocycles. The molecule has 0 spiro atoms. The van der Waals surface area contributed by atoms with Crippen molar-refractivity contribution in [2.24, 2.45) is 0 Å². The molecule has 2 nitrogen and oxygen atoms in total. The number of halogens is 3. The summed E-state index contributed by atoms with van der Waals surface area (Å²) in [5, 5.41) is 3.20. The molecule has 0 bridgehead atoms. The number of benzene rings is 2. The van der Waals surface area contributed by atoms with Crippen molar-refractivity contribution >= 4 is 55.1 Å². The van der Waals surface area contributed by atoms with Gasteiger partial charge < -0.3 is 5.32 Å². The van der Waals surface area contributed by atoms with Crippen molar-refractivity contribution in [2.75, 3.05) is 5.32 Å². The summed E-state index contributed by atoms with van der Waals surface area (Å²) in [5.74, 6) is -0.231. The van der Waals surface area contributed by atoms with Crippen LogP contribution < -0.4 is 5.32 Å². The lowest BCUT2D eigenvalue weighted by atomic mass is 10.2. The molecule has 2 aromatic carbocycles. The van der Waals surface area contributed by atoms with Gasteiger partial charge in [-0.05, 0) is 36.4 Å². The molecular weight excluding hydrogens is 381 g/mol. The summed E-state index contributed by atoms with van der Waals surface area (Å²) >= 11 is 12.7. The minimum absolute atomic E-state index is 0.231. The minimum atomic E-state index is -0.231. The average Bonchev–Trinajstić information content (AvgIpc) is 2.28. The fourth-order valence-electron chi connectivity index (χ4n) is 1.44. The van der Waals surface area contributed by atoms with Crippen LogP contribution in [0.3, 0.4) is 0 Å². The van der Waals surface area contributed by atoms with Crippen molar-refractivity contribution in [3.63, 3.8) is 0 Å². The van der Waals surface area contributed by atoms with Crippen LogP contribution in [0, 0.1) is 0 Å². The third kappa shape index (κ3) is 3.34. The van der Waals surface area contributed by atoms with Crippen LogP contribution in [0.1, 0.15) is 10.4 Å². The Hall–Kier alpha value is -0.840. The maximum absolute atomic E-state index is 12.0. The van der Waals surface area contributed by atoms with E-state index >= 15 is 0 Å². The van der Waals surface area contributed by atoms with E-state index in [1.807, 2.05) is 24.3 Å². The first kappa shape index (κ1) is 13.6. The van der Waals surface area contributed by atoms with E-state index in [1.54, 1.807) is 18.2 Å². The van der Waals surface area contributed by atoms with Crippen molar-refractivity contribution in [3.8, 4) is 0 Å². The molecule has 92 valence electrons. The van der Waals surface area contributed by atoms with E-state index in [4.69, 9.17) is 11.6 Å². The minimum Gasteiger partial charge on any atom is -0.322 e. The molecule has 1 amide bonds. The zero-order chi connectivity index (χ0) is 13.1. The lowest BCUT2D eigenvalue weighted by Gasteiger charge is -2.07. The molecule has 18 heavy (non-hydrogen) atoms. The van der Waals surface area contributed by atoms with Gasteiger partial charge in [0.1, 0.15) is 0 Å². The Morgan fingerprint density at radius 1 is 1.06 bits per heavy atom. The van der Waals surface area contributed by atoms with Gasteiger partial charge in [0.05, 0.1) is 10.6 Å². The Kier molecular flexibility index (Phi) is 4.43. The molecule has 5 heteroatoms. The monoisotopic (exact) mass is 387 g/mol. The van der Waals surface area contributed by atoms with Crippen molar-refractivity contribution in [2.45, 2.75) is 0 Å². The molecule has 0 atom stereocenters. The van der Waals surface area contributed by atoms with Gasteiger partial charge in [0.2, 0.25) is 0 Å². The number of carbonyl (C=O) groups excluding carboxylic acids is 1. The van der Waals surface area contributed by atoms with Gasteiger partial charge in [-0.3, -0.25) is 4.79 Å². The molecule has 2 rings (SSSR count). The predicted molar refractivity (Wildman–Crippen MR) is 81.2 cm³/mol. The molecule has 0 heterocycles. The van der Waals surface area contributed by atoms with Crippen LogP contribution in [0.4, 0.5) is 5.69 Å². The first-order valence-electron chi connectivity index (χ1n) is 5.08. The lowest BCUT2D eigenvalue weighted by molar-refractivity contribution is 0.102. The van der Waals surface area contributed by atoms with Crippen LogP contribution in [0.25, 0.3) is 0 Å². The van der Waals surface area contributed by atoms with Gasteiger partial charge in [0.15, 0.2) is 0 Å². The van der Waals surface area contributed by atoms with E-state index in [1.165, 1.54) is 0 Å². The molecule has 2 aromatic rings. The molecule has 0 saturated carbocycles. The number of hydrogen-bond acceptors (Lipinski definition) is 1. The average molecular weight is 389 g/mol. The van der Waals surface area contributed by atoms with Crippen molar-refractivity contribution in [1.82, 2.24) is 0 Å². The van der Waals surface area contributed by atoms with Gasteiger partial charge in [-0.25, -0.2) is 0 Å². The highest BCUT2D eigenvalue weighted by Crippen LogP contribution is 2.23. The number of nitrogens with one attached hydrogen (secondary N) is 1. The van der Waals surface area contributed by atoms with Crippen LogP contribution in [0.15, 0.2) is 51.4 Å². The normalized spacial score (nSPS) is 10.2. The zero-order valence-electron chi connectivity index (χ0n) is 9.08. The van der Waals surface area contributed by atoms with Crippen LogP contribution in [-0.4, -0.2) is 5.91 Å². The Bertz CT molecular complexity index is 601. The largest absolute Gasteiger partial charge is 0.322 e. The third-order valence-electron chi connectivity index (χ3n) is 2.26. The number of rotatable bonds is 2. The molecule has 0 fully saturated rings. The Balaban J connectivity index is 2.22. The fourth-order valence-corrected chi connectivity index (χ4v) is 2.60. The van der Waals surface area contributed by atoms with E-state index < -0.39 is 0 Å². The SMILES string of the molecule is O=C(Nc1cccc(Br)c1)c1ccc(Br)cc1Cl. The molecular formula is C13H8Br2ClNO. The number of amides is 1. The molecule has 0 saturated heterocycles. The van der Waals surface area contributed by atoms with Gasteiger partial charge in [-0.2, -0.15) is 0 Å². The summed E-state index contributed by atoms with van der Waals surface area (Å²) in [7, 11) is 0. The van der Waals surface area contributed by atoms with Crippen LogP contribution >= 0.6 is 43.5 Å². The second kappa shape index (κ2) is 5.87. The smallest absolute Gasteiger partial charge is 0.257 e. The number of anilines is 1. The van der Waals surface area contributed by atoms with E-state index in [9.17, 15) is 4.79 Å². The Morgan fingerprint density at radius 2 is 1.78 bits per heavy atom. The Morgan fingerprint density at radius 3 is 2.44 bits per heavy atom. The number of carbonyl (C=O) groups is 1. The second-order valence-corrected chi connectivity index (χ2v) is 5.83. The van der Waals surface area contributed by atoms with Gasteiger partial charge in [0.25, 0.3) is 5.91 Å². The summed E-state index contributed by atoms with van der Waals surface area (Å²) in [4.78, 5) is 12.0. The first-order valence-corrected chi connectivity index (χ1v) is 7.04. The van der Waals surface area contributed by atoms with Crippen molar-refractivity contribution < 1.29 is 4.79 Å². The molecule has 1 N–H and O–H groups in total. The lowest BCUT2D eigenvalue weighted by Crippen LogP contribution is -2.12. The Labute approximate surface area is 127 Å². The predicted octanol–water partition coefficient (Wildman–Crippen LogP) is 5.12. The van der Waals surface area contributed by atoms with Gasteiger partial charge in [0, 0.05) is 14.6 Å². The maximum Gasteiger partial charge on any atom is 0.257 e. The van der Waals surface area contributed by atoms with Gasteiger partial charge in [-0.1, -0.05) is 49.5 Å². The molecule has 0 unspecified atom stereocenters. The topological polar surface area (TPSA) is 29.1 Å². The molecule has 0 aromatic heterocycles. The van der Waals surface area contributed by atoms with Gasteiger partial charge >= 0.3 is 0 Å². The summed E-state index contributed by atoms with van der Waals surface area (Å²) in [6, 6.07) is 12.5. The van der Waals surface area contributed by atoms with E-state index in [0.717, 1.165) is 8.95 Å². The van der Waals surface area contributed by atoms with E-state index in [0.29, 0.717) is 16.3 Å². The summed E-state index contributed by atoms with van der Waals surface area (Å²) in [5.41, 5.74) is 1.16. The van der Waals surface area contributed by atoms with E-state index in [2.05, 4.69) is 37.2 Å². The highest BCUT2D eigenvalue weighted by atomic mass is 79.9. The summed E-state index contributed by atoms with van der Waals surface area (Å²) < 4.78 is 1.74.